The van der Waals surface area contributed by atoms with Gasteiger partial charge in [0.25, 0.3) is 0 Å². The molecule has 1 amide bonds. The van der Waals surface area contributed by atoms with E-state index in [9.17, 15) is 4.79 Å². The second-order valence-corrected chi connectivity index (χ2v) is 5.19. The second kappa shape index (κ2) is 4.34. The van der Waals surface area contributed by atoms with Crippen molar-refractivity contribution in [2.75, 3.05) is 19.8 Å². The third-order valence-electron chi connectivity index (χ3n) is 3.91. The van der Waals surface area contributed by atoms with Crippen LogP contribution in [0.25, 0.3) is 0 Å². The summed E-state index contributed by atoms with van der Waals surface area (Å²) in [4.78, 5) is 14.3. The minimum atomic E-state index is -0.362. The number of carbonyl (C=O) groups is 1. The summed E-state index contributed by atoms with van der Waals surface area (Å²) >= 11 is 0. The van der Waals surface area contributed by atoms with E-state index in [1.54, 1.807) is 0 Å². The van der Waals surface area contributed by atoms with Crippen LogP contribution in [0.15, 0.2) is 0 Å². The lowest BCUT2D eigenvalue weighted by molar-refractivity contribution is -0.133. The van der Waals surface area contributed by atoms with Gasteiger partial charge in [-0.15, -0.1) is 0 Å². The van der Waals surface area contributed by atoms with Crippen molar-refractivity contribution in [1.29, 1.82) is 0 Å². The van der Waals surface area contributed by atoms with Crippen LogP contribution >= 0.6 is 0 Å². The van der Waals surface area contributed by atoms with Crippen molar-refractivity contribution < 1.29 is 9.53 Å². The van der Waals surface area contributed by atoms with Gasteiger partial charge in [0.05, 0.1) is 18.3 Å². The SMILES string of the molecule is CCC1(C)NC(C)N(CC2CCOC2)C1=O. The van der Waals surface area contributed by atoms with Crippen molar-refractivity contribution in [2.24, 2.45) is 5.92 Å². The highest BCUT2D eigenvalue weighted by molar-refractivity contribution is 5.88. The van der Waals surface area contributed by atoms with E-state index in [1.807, 2.05) is 11.8 Å². The Morgan fingerprint density at radius 3 is 2.88 bits per heavy atom. The van der Waals surface area contributed by atoms with Crippen LogP contribution in [0.4, 0.5) is 0 Å². The molecule has 0 aromatic rings. The van der Waals surface area contributed by atoms with Crippen LogP contribution in [0, 0.1) is 5.92 Å². The molecule has 0 aliphatic carbocycles. The second-order valence-electron chi connectivity index (χ2n) is 5.19. The minimum Gasteiger partial charge on any atom is -0.381 e. The Labute approximate surface area is 97.3 Å². The van der Waals surface area contributed by atoms with E-state index in [2.05, 4.69) is 19.2 Å². The molecule has 2 saturated heterocycles. The molecule has 0 saturated carbocycles. The molecule has 4 heteroatoms. The third-order valence-corrected chi connectivity index (χ3v) is 3.91. The molecule has 0 aromatic carbocycles. The first-order chi connectivity index (χ1) is 7.57. The maximum atomic E-state index is 12.3. The Hall–Kier alpha value is -0.610. The molecule has 2 fully saturated rings. The smallest absolute Gasteiger partial charge is 0.243 e. The van der Waals surface area contributed by atoms with Gasteiger partial charge in [0, 0.05) is 19.1 Å². The van der Waals surface area contributed by atoms with Gasteiger partial charge in [0.15, 0.2) is 0 Å². The molecule has 2 heterocycles. The number of nitrogens with one attached hydrogen (secondary N) is 1. The van der Waals surface area contributed by atoms with Gasteiger partial charge in [-0.2, -0.15) is 0 Å². The maximum Gasteiger partial charge on any atom is 0.243 e. The van der Waals surface area contributed by atoms with Crippen molar-refractivity contribution in [3.8, 4) is 0 Å². The molecule has 1 N–H and O–H groups in total. The van der Waals surface area contributed by atoms with E-state index in [0.29, 0.717) is 5.92 Å². The maximum absolute atomic E-state index is 12.3. The minimum absolute atomic E-state index is 0.151. The molecule has 4 nitrogen and oxygen atoms in total. The molecule has 2 aliphatic heterocycles. The summed E-state index contributed by atoms with van der Waals surface area (Å²) in [6.07, 6.45) is 2.07. The molecule has 0 bridgehead atoms. The lowest BCUT2D eigenvalue weighted by atomic mass is 9.99. The molecule has 0 radical (unpaired) electrons. The summed E-state index contributed by atoms with van der Waals surface area (Å²) < 4.78 is 5.36. The Bertz CT molecular complexity index is 276. The van der Waals surface area contributed by atoms with E-state index in [4.69, 9.17) is 4.74 Å². The number of ether oxygens (including phenoxy) is 1. The predicted molar refractivity (Wildman–Crippen MR) is 61.9 cm³/mol. The number of hydrogen-bond acceptors (Lipinski definition) is 3. The third kappa shape index (κ3) is 1.96. The largest absolute Gasteiger partial charge is 0.381 e. The number of hydrogen-bond donors (Lipinski definition) is 1. The van der Waals surface area contributed by atoms with Gasteiger partial charge in [-0.05, 0) is 26.7 Å². The van der Waals surface area contributed by atoms with Crippen LogP contribution < -0.4 is 5.32 Å². The zero-order chi connectivity index (χ0) is 11.8. The number of amides is 1. The fourth-order valence-electron chi connectivity index (χ4n) is 2.59. The molecule has 0 spiro atoms. The van der Waals surface area contributed by atoms with Gasteiger partial charge in [0.2, 0.25) is 5.91 Å². The first-order valence-electron chi connectivity index (χ1n) is 6.23. The van der Waals surface area contributed by atoms with Crippen LogP contribution in [-0.2, 0) is 9.53 Å². The zero-order valence-corrected chi connectivity index (χ0v) is 10.5. The molecule has 16 heavy (non-hydrogen) atoms. The van der Waals surface area contributed by atoms with Crippen molar-refractivity contribution in [1.82, 2.24) is 10.2 Å². The summed E-state index contributed by atoms with van der Waals surface area (Å²) in [5.74, 6) is 0.766. The predicted octanol–water partition coefficient (Wildman–Crippen LogP) is 0.969. The Balaban J connectivity index is 2.01. The topological polar surface area (TPSA) is 41.6 Å². The Kier molecular flexibility index (Phi) is 3.22. The molecular weight excluding hydrogens is 204 g/mol. The highest BCUT2D eigenvalue weighted by atomic mass is 16.5. The summed E-state index contributed by atoms with van der Waals surface area (Å²) in [5.41, 5.74) is -0.362. The summed E-state index contributed by atoms with van der Waals surface area (Å²) in [7, 11) is 0. The van der Waals surface area contributed by atoms with Crippen molar-refractivity contribution in [2.45, 2.75) is 45.3 Å². The first-order valence-corrected chi connectivity index (χ1v) is 6.23. The molecular formula is C12H22N2O2. The molecule has 0 aromatic heterocycles. The van der Waals surface area contributed by atoms with Gasteiger partial charge >= 0.3 is 0 Å². The average molecular weight is 226 g/mol. The fourth-order valence-corrected chi connectivity index (χ4v) is 2.59. The lowest BCUT2D eigenvalue weighted by Crippen LogP contribution is -2.43. The van der Waals surface area contributed by atoms with E-state index in [-0.39, 0.29) is 17.6 Å². The van der Waals surface area contributed by atoms with Crippen molar-refractivity contribution >= 4 is 5.91 Å². The van der Waals surface area contributed by atoms with Gasteiger partial charge in [-0.25, -0.2) is 0 Å². The summed E-state index contributed by atoms with van der Waals surface area (Å²) in [6, 6.07) is 0. The number of rotatable bonds is 3. The highest BCUT2D eigenvalue weighted by Gasteiger charge is 2.45. The number of carbonyl (C=O) groups excluding carboxylic acids is 1. The van der Waals surface area contributed by atoms with Gasteiger partial charge in [-0.3, -0.25) is 10.1 Å². The first kappa shape index (κ1) is 11.9. The van der Waals surface area contributed by atoms with E-state index in [1.165, 1.54) is 0 Å². The van der Waals surface area contributed by atoms with Crippen molar-refractivity contribution in [3.05, 3.63) is 0 Å². The summed E-state index contributed by atoms with van der Waals surface area (Å²) in [6.45, 7) is 8.60. The van der Waals surface area contributed by atoms with Crippen LogP contribution in [0.1, 0.15) is 33.6 Å². The molecule has 92 valence electrons. The van der Waals surface area contributed by atoms with Crippen LogP contribution in [0.3, 0.4) is 0 Å². The van der Waals surface area contributed by atoms with E-state index >= 15 is 0 Å². The Morgan fingerprint density at radius 1 is 1.62 bits per heavy atom. The zero-order valence-electron chi connectivity index (χ0n) is 10.5. The van der Waals surface area contributed by atoms with E-state index in [0.717, 1.165) is 32.6 Å². The van der Waals surface area contributed by atoms with Crippen LogP contribution in [0.2, 0.25) is 0 Å². The van der Waals surface area contributed by atoms with Gasteiger partial charge in [0.1, 0.15) is 0 Å². The lowest BCUT2D eigenvalue weighted by Gasteiger charge is -2.24. The average Bonchev–Trinajstić information content (AvgIpc) is 2.83. The van der Waals surface area contributed by atoms with Crippen LogP contribution in [0.5, 0.6) is 0 Å². The van der Waals surface area contributed by atoms with Gasteiger partial charge < -0.3 is 9.64 Å². The van der Waals surface area contributed by atoms with Gasteiger partial charge in [-0.1, -0.05) is 6.92 Å². The van der Waals surface area contributed by atoms with Crippen molar-refractivity contribution in [3.63, 3.8) is 0 Å². The Morgan fingerprint density at radius 2 is 2.38 bits per heavy atom. The quantitative estimate of drug-likeness (QED) is 0.779. The monoisotopic (exact) mass is 226 g/mol. The standard InChI is InChI=1S/C12H22N2O2/c1-4-12(3)11(15)14(9(2)13-12)7-10-5-6-16-8-10/h9-10,13H,4-8H2,1-3H3. The molecule has 3 atom stereocenters. The molecule has 3 unspecified atom stereocenters. The normalized spacial score (nSPS) is 39.7. The highest BCUT2D eigenvalue weighted by Crippen LogP contribution is 2.25. The van der Waals surface area contributed by atoms with Crippen LogP contribution in [-0.4, -0.2) is 42.3 Å². The number of nitrogens with zero attached hydrogens (tertiary/aromatic N) is 1. The molecule has 2 aliphatic rings. The fraction of sp³-hybridized carbons (Fsp3) is 0.917. The summed E-state index contributed by atoms with van der Waals surface area (Å²) in [5, 5.41) is 3.39. The molecule has 2 rings (SSSR count). The van der Waals surface area contributed by atoms with E-state index < -0.39 is 0 Å².